The molecule has 0 unspecified atom stereocenters. The first-order chi connectivity index (χ1) is 9.45. The quantitative estimate of drug-likeness (QED) is 0.792. The standard InChI is InChI=1S/C12H12N4O3S/c13-20(18,19)11-5-3-9(4-6-11)15-12(17)16-10-2-1-7-14-8-10/h1-8H,(H2,13,18,19)(H2,15,16,17). The lowest BCUT2D eigenvalue weighted by molar-refractivity contribution is 0.262. The Morgan fingerprint density at radius 3 is 2.25 bits per heavy atom. The van der Waals surface area contributed by atoms with Crippen molar-refractivity contribution in [1.29, 1.82) is 0 Å². The molecule has 1 aromatic carbocycles. The monoisotopic (exact) mass is 292 g/mol. The first-order valence-corrected chi connectivity index (χ1v) is 7.11. The third-order valence-electron chi connectivity index (χ3n) is 2.36. The summed E-state index contributed by atoms with van der Waals surface area (Å²) in [6.07, 6.45) is 3.10. The Hall–Kier alpha value is -2.45. The largest absolute Gasteiger partial charge is 0.323 e. The van der Waals surface area contributed by atoms with Crippen LogP contribution in [-0.4, -0.2) is 19.4 Å². The molecule has 2 rings (SSSR count). The van der Waals surface area contributed by atoms with Gasteiger partial charge < -0.3 is 10.6 Å². The van der Waals surface area contributed by atoms with E-state index < -0.39 is 16.1 Å². The summed E-state index contributed by atoms with van der Waals surface area (Å²) in [7, 11) is -3.73. The number of nitrogens with zero attached hydrogens (tertiary/aromatic N) is 1. The van der Waals surface area contributed by atoms with Crippen LogP contribution >= 0.6 is 0 Å². The number of urea groups is 1. The van der Waals surface area contributed by atoms with Crippen LogP contribution in [0.2, 0.25) is 0 Å². The molecule has 4 N–H and O–H groups in total. The number of benzene rings is 1. The number of primary sulfonamides is 1. The van der Waals surface area contributed by atoms with Gasteiger partial charge in [-0.15, -0.1) is 0 Å². The van der Waals surface area contributed by atoms with E-state index in [0.717, 1.165) is 0 Å². The second-order valence-corrected chi connectivity index (χ2v) is 5.45. The fourth-order valence-corrected chi connectivity index (χ4v) is 1.97. The van der Waals surface area contributed by atoms with Crippen molar-refractivity contribution < 1.29 is 13.2 Å². The van der Waals surface area contributed by atoms with Gasteiger partial charge in [-0.25, -0.2) is 18.4 Å². The van der Waals surface area contributed by atoms with Crippen LogP contribution in [0.25, 0.3) is 0 Å². The van der Waals surface area contributed by atoms with Crippen molar-refractivity contribution >= 4 is 27.4 Å². The molecule has 0 spiro atoms. The number of hydrogen-bond acceptors (Lipinski definition) is 4. The lowest BCUT2D eigenvalue weighted by Crippen LogP contribution is -2.19. The number of rotatable bonds is 3. The zero-order chi connectivity index (χ0) is 14.6. The van der Waals surface area contributed by atoms with E-state index in [1.807, 2.05) is 0 Å². The molecule has 0 bridgehead atoms. The predicted octanol–water partition coefficient (Wildman–Crippen LogP) is 1.37. The lowest BCUT2D eigenvalue weighted by atomic mass is 10.3. The zero-order valence-corrected chi connectivity index (χ0v) is 11.1. The summed E-state index contributed by atoms with van der Waals surface area (Å²) in [5.41, 5.74) is 0.991. The summed E-state index contributed by atoms with van der Waals surface area (Å²) in [4.78, 5) is 15.5. The summed E-state index contributed by atoms with van der Waals surface area (Å²) in [6, 6.07) is 8.45. The third kappa shape index (κ3) is 3.77. The molecule has 0 atom stereocenters. The minimum Gasteiger partial charge on any atom is -0.308 e. The molecule has 0 saturated heterocycles. The normalized spacial score (nSPS) is 10.8. The van der Waals surface area contributed by atoms with E-state index in [4.69, 9.17) is 5.14 Å². The highest BCUT2D eigenvalue weighted by atomic mass is 32.2. The lowest BCUT2D eigenvalue weighted by Gasteiger charge is -2.07. The number of anilines is 2. The molecule has 0 saturated carbocycles. The van der Waals surface area contributed by atoms with E-state index >= 15 is 0 Å². The van der Waals surface area contributed by atoms with E-state index in [1.165, 1.54) is 30.5 Å². The Morgan fingerprint density at radius 1 is 1.05 bits per heavy atom. The fourth-order valence-electron chi connectivity index (χ4n) is 1.46. The molecule has 7 nitrogen and oxygen atoms in total. The van der Waals surface area contributed by atoms with Crippen molar-refractivity contribution in [2.24, 2.45) is 5.14 Å². The molecule has 2 aromatic rings. The number of amides is 2. The zero-order valence-electron chi connectivity index (χ0n) is 10.3. The van der Waals surface area contributed by atoms with Crippen LogP contribution in [0.1, 0.15) is 0 Å². The highest BCUT2D eigenvalue weighted by Gasteiger charge is 2.08. The molecular weight excluding hydrogens is 280 g/mol. The van der Waals surface area contributed by atoms with Crippen molar-refractivity contribution in [3.05, 3.63) is 48.8 Å². The van der Waals surface area contributed by atoms with Crippen molar-refractivity contribution in [2.45, 2.75) is 4.90 Å². The van der Waals surface area contributed by atoms with Crippen LogP contribution in [-0.2, 0) is 10.0 Å². The van der Waals surface area contributed by atoms with Gasteiger partial charge in [0, 0.05) is 11.9 Å². The second kappa shape index (κ2) is 5.68. The molecule has 104 valence electrons. The average Bonchev–Trinajstić information content (AvgIpc) is 2.39. The predicted molar refractivity (Wildman–Crippen MR) is 74.7 cm³/mol. The number of nitrogens with two attached hydrogens (primary N) is 1. The van der Waals surface area contributed by atoms with Gasteiger partial charge in [-0.3, -0.25) is 4.98 Å². The van der Waals surface area contributed by atoms with Gasteiger partial charge >= 0.3 is 6.03 Å². The number of aromatic nitrogens is 1. The van der Waals surface area contributed by atoms with Gasteiger partial charge in [0.2, 0.25) is 10.0 Å². The van der Waals surface area contributed by atoms with E-state index in [9.17, 15) is 13.2 Å². The van der Waals surface area contributed by atoms with Gasteiger partial charge in [0.1, 0.15) is 0 Å². The van der Waals surface area contributed by atoms with Gasteiger partial charge in [0.05, 0.1) is 16.8 Å². The molecule has 0 fully saturated rings. The third-order valence-corrected chi connectivity index (χ3v) is 3.29. The van der Waals surface area contributed by atoms with Crippen LogP contribution in [0.15, 0.2) is 53.7 Å². The minimum absolute atomic E-state index is 0.0179. The van der Waals surface area contributed by atoms with E-state index in [2.05, 4.69) is 15.6 Å². The minimum atomic E-state index is -3.73. The van der Waals surface area contributed by atoms with Gasteiger partial charge in [0.15, 0.2) is 0 Å². The van der Waals surface area contributed by atoms with Crippen LogP contribution < -0.4 is 15.8 Å². The van der Waals surface area contributed by atoms with Crippen molar-refractivity contribution in [3.8, 4) is 0 Å². The van der Waals surface area contributed by atoms with E-state index in [0.29, 0.717) is 11.4 Å². The Bertz CT molecular complexity index is 699. The number of nitrogens with one attached hydrogen (secondary N) is 2. The Balaban J connectivity index is 2.02. The molecule has 20 heavy (non-hydrogen) atoms. The highest BCUT2D eigenvalue weighted by molar-refractivity contribution is 7.89. The van der Waals surface area contributed by atoms with Crippen molar-refractivity contribution in [3.63, 3.8) is 0 Å². The maximum absolute atomic E-state index is 11.7. The van der Waals surface area contributed by atoms with Gasteiger partial charge in [0.25, 0.3) is 0 Å². The first kappa shape index (κ1) is 14.0. The summed E-state index contributed by atoms with van der Waals surface area (Å²) >= 11 is 0. The molecule has 0 radical (unpaired) electrons. The number of sulfonamides is 1. The summed E-state index contributed by atoms with van der Waals surface area (Å²) < 4.78 is 22.2. The molecule has 1 heterocycles. The topological polar surface area (TPSA) is 114 Å². The first-order valence-electron chi connectivity index (χ1n) is 5.56. The molecule has 2 amide bonds. The maximum atomic E-state index is 11.7. The second-order valence-electron chi connectivity index (χ2n) is 3.89. The summed E-state index contributed by atoms with van der Waals surface area (Å²) in [6.45, 7) is 0. The fraction of sp³-hybridized carbons (Fsp3) is 0. The van der Waals surface area contributed by atoms with Gasteiger partial charge in [-0.05, 0) is 36.4 Å². The Kier molecular flexibility index (Phi) is 3.97. The van der Waals surface area contributed by atoms with E-state index in [-0.39, 0.29) is 4.90 Å². The summed E-state index contributed by atoms with van der Waals surface area (Å²) in [5, 5.41) is 10.1. The van der Waals surface area contributed by atoms with Crippen LogP contribution in [0.4, 0.5) is 16.2 Å². The number of carbonyl (C=O) groups excluding carboxylic acids is 1. The smallest absolute Gasteiger partial charge is 0.308 e. The maximum Gasteiger partial charge on any atom is 0.323 e. The molecular formula is C12H12N4O3S. The van der Waals surface area contributed by atoms with Crippen molar-refractivity contribution in [2.75, 3.05) is 10.6 Å². The Labute approximate surface area is 115 Å². The number of pyridine rings is 1. The molecule has 0 aliphatic carbocycles. The van der Waals surface area contributed by atoms with Crippen molar-refractivity contribution in [1.82, 2.24) is 4.98 Å². The molecule has 0 aliphatic heterocycles. The Morgan fingerprint density at radius 2 is 1.70 bits per heavy atom. The van der Waals surface area contributed by atoms with Crippen LogP contribution in [0.3, 0.4) is 0 Å². The van der Waals surface area contributed by atoms with Crippen LogP contribution in [0.5, 0.6) is 0 Å². The number of carbonyl (C=O) groups is 1. The molecule has 1 aromatic heterocycles. The number of hydrogen-bond donors (Lipinski definition) is 3. The molecule has 0 aliphatic rings. The van der Waals surface area contributed by atoms with Gasteiger partial charge in [-0.1, -0.05) is 0 Å². The van der Waals surface area contributed by atoms with Crippen LogP contribution in [0, 0.1) is 0 Å². The average molecular weight is 292 g/mol. The summed E-state index contributed by atoms with van der Waals surface area (Å²) in [5.74, 6) is 0. The SMILES string of the molecule is NS(=O)(=O)c1ccc(NC(=O)Nc2cccnc2)cc1. The molecule has 8 heteroatoms. The highest BCUT2D eigenvalue weighted by Crippen LogP contribution is 2.13. The van der Waals surface area contributed by atoms with Gasteiger partial charge in [-0.2, -0.15) is 0 Å². The van der Waals surface area contributed by atoms with E-state index in [1.54, 1.807) is 18.3 Å².